The van der Waals surface area contributed by atoms with Crippen LogP contribution in [0.3, 0.4) is 0 Å². The van der Waals surface area contributed by atoms with Crippen molar-refractivity contribution in [1.29, 1.82) is 0 Å². The normalized spacial score (nSPS) is 10.3. The molecule has 1 nitrogen and oxygen atoms in total. The first-order chi connectivity index (χ1) is 5.83. The molecule has 1 heteroatoms. The van der Waals surface area contributed by atoms with Crippen molar-refractivity contribution in [3.8, 4) is 11.8 Å². The molecule has 0 bridgehead atoms. The van der Waals surface area contributed by atoms with Gasteiger partial charge in [0.05, 0.1) is 0 Å². The van der Waals surface area contributed by atoms with E-state index in [1.54, 1.807) is 6.20 Å². The summed E-state index contributed by atoms with van der Waals surface area (Å²) in [7, 11) is 0. The van der Waals surface area contributed by atoms with Crippen molar-refractivity contribution < 1.29 is 0 Å². The molecule has 0 aliphatic heterocycles. The molecule has 1 rings (SSSR count). The zero-order valence-electron chi connectivity index (χ0n) is 7.33. The van der Waals surface area contributed by atoms with Crippen LogP contribution in [0.2, 0.25) is 0 Å². The lowest BCUT2D eigenvalue weighted by atomic mass is 10.3. The van der Waals surface area contributed by atoms with Crippen molar-refractivity contribution in [3.05, 3.63) is 41.7 Å². The molecular formula is C11H11N. The van der Waals surface area contributed by atoms with E-state index in [1.165, 1.54) is 0 Å². The largest absolute Gasteiger partial charge is 0.248 e. The molecule has 0 aliphatic rings. The third-order valence-corrected chi connectivity index (χ3v) is 1.49. The molecule has 0 spiro atoms. The van der Waals surface area contributed by atoms with Crippen LogP contribution in [-0.2, 0) is 0 Å². The first-order valence-corrected chi connectivity index (χ1v) is 3.89. The predicted octanol–water partition coefficient (Wildman–Crippen LogP) is 2.40. The van der Waals surface area contributed by atoms with Gasteiger partial charge in [0.2, 0.25) is 0 Å². The van der Waals surface area contributed by atoms with Crippen LogP contribution >= 0.6 is 0 Å². The van der Waals surface area contributed by atoms with Crippen molar-refractivity contribution in [2.75, 3.05) is 0 Å². The maximum Gasteiger partial charge on any atom is 0.113 e. The van der Waals surface area contributed by atoms with E-state index in [-0.39, 0.29) is 0 Å². The van der Waals surface area contributed by atoms with Crippen LogP contribution in [0.5, 0.6) is 0 Å². The zero-order chi connectivity index (χ0) is 8.81. The Balaban J connectivity index is 2.81. The molecule has 0 aromatic carbocycles. The van der Waals surface area contributed by atoms with Crippen molar-refractivity contribution in [1.82, 2.24) is 4.98 Å². The van der Waals surface area contributed by atoms with Crippen LogP contribution in [0.15, 0.2) is 36.0 Å². The van der Waals surface area contributed by atoms with Crippen LogP contribution in [-0.4, -0.2) is 4.98 Å². The minimum Gasteiger partial charge on any atom is -0.248 e. The molecule has 0 saturated carbocycles. The fourth-order valence-corrected chi connectivity index (χ4v) is 0.671. The molecule has 0 saturated heterocycles. The summed E-state index contributed by atoms with van der Waals surface area (Å²) in [6, 6.07) is 5.71. The highest BCUT2D eigenvalue weighted by atomic mass is 14.6. The molecule has 0 unspecified atom stereocenters. The number of hydrogen-bond acceptors (Lipinski definition) is 1. The van der Waals surface area contributed by atoms with Crippen molar-refractivity contribution in [3.63, 3.8) is 0 Å². The van der Waals surface area contributed by atoms with Crippen molar-refractivity contribution in [2.24, 2.45) is 0 Å². The van der Waals surface area contributed by atoms with E-state index in [1.807, 2.05) is 38.1 Å². The molecule has 1 aromatic heterocycles. The summed E-state index contributed by atoms with van der Waals surface area (Å²) < 4.78 is 0. The molecule has 0 radical (unpaired) electrons. The minimum atomic E-state index is 0.818. The summed E-state index contributed by atoms with van der Waals surface area (Å²) in [5.41, 5.74) is 1.89. The summed E-state index contributed by atoms with van der Waals surface area (Å²) in [6.07, 6.45) is 3.73. The van der Waals surface area contributed by atoms with Crippen LogP contribution in [0.25, 0.3) is 0 Å². The molecule has 0 amide bonds. The lowest BCUT2D eigenvalue weighted by Gasteiger charge is -1.85. The summed E-state index contributed by atoms with van der Waals surface area (Å²) in [5.74, 6) is 5.96. The van der Waals surface area contributed by atoms with Crippen LogP contribution in [0, 0.1) is 11.8 Å². The number of pyridine rings is 1. The molecule has 0 N–H and O–H groups in total. The van der Waals surface area contributed by atoms with Gasteiger partial charge in [0.25, 0.3) is 0 Å². The van der Waals surface area contributed by atoms with Gasteiger partial charge in [-0.25, -0.2) is 4.98 Å². The fourth-order valence-electron chi connectivity index (χ4n) is 0.671. The zero-order valence-corrected chi connectivity index (χ0v) is 7.33. The molecule has 1 heterocycles. The van der Waals surface area contributed by atoms with E-state index in [9.17, 15) is 0 Å². The summed E-state index contributed by atoms with van der Waals surface area (Å²) in [5, 5.41) is 0. The minimum absolute atomic E-state index is 0.818. The second-order valence-electron chi connectivity index (χ2n) is 2.44. The van der Waals surface area contributed by atoms with E-state index in [0.29, 0.717) is 0 Å². The summed E-state index contributed by atoms with van der Waals surface area (Å²) >= 11 is 0. The topological polar surface area (TPSA) is 12.9 Å². The number of hydrogen-bond donors (Lipinski definition) is 0. The molecular weight excluding hydrogens is 146 g/mol. The van der Waals surface area contributed by atoms with Gasteiger partial charge in [-0.2, -0.15) is 0 Å². The Morgan fingerprint density at radius 1 is 1.50 bits per heavy atom. The third-order valence-electron chi connectivity index (χ3n) is 1.49. The highest BCUT2D eigenvalue weighted by molar-refractivity contribution is 5.35. The number of nitrogens with zero attached hydrogens (tertiary/aromatic N) is 1. The first kappa shape index (κ1) is 8.55. The average Bonchev–Trinajstić information content (AvgIpc) is 2.16. The van der Waals surface area contributed by atoms with Crippen molar-refractivity contribution >= 4 is 0 Å². The Morgan fingerprint density at radius 2 is 2.33 bits per heavy atom. The maximum absolute atomic E-state index is 4.08. The smallest absolute Gasteiger partial charge is 0.113 e. The van der Waals surface area contributed by atoms with Crippen LogP contribution in [0.1, 0.15) is 19.5 Å². The Labute approximate surface area is 73.2 Å². The van der Waals surface area contributed by atoms with Gasteiger partial charge in [0, 0.05) is 6.20 Å². The lowest BCUT2D eigenvalue weighted by Crippen LogP contribution is -1.78. The van der Waals surface area contributed by atoms with Gasteiger partial charge in [-0.15, -0.1) is 0 Å². The number of aromatic nitrogens is 1. The van der Waals surface area contributed by atoms with E-state index < -0.39 is 0 Å². The second-order valence-corrected chi connectivity index (χ2v) is 2.44. The van der Waals surface area contributed by atoms with E-state index >= 15 is 0 Å². The van der Waals surface area contributed by atoms with Gasteiger partial charge < -0.3 is 0 Å². The predicted molar refractivity (Wildman–Crippen MR) is 50.5 cm³/mol. The number of rotatable bonds is 0. The molecule has 60 valence electrons. The van der Waals surface area contributed by atoms with Crippen LogP contribution < -0.4 is 0 Å². The average molecular weight is 157 g/mol. The lowest BCUT2D eigenvalue weighted by molar-refractivity contribution is 1.29. The monoisotopic (exact) mass is 157 g/mol. The van der Waals surface area contributed by atoms with E-state index in [2.05, 4.69) is 16.8 Å². The van der Waals surface area contributed by atoms with E-state index in [0.717, 1.165) is 11.3 Å². The van der Waals surface area contributed by atoms with Crippen molar-refractivity contribution in [2.45, 2.75) is 13.8 Å². The van der Waals surface area contributed by atoms with Gasteiger partial charge in [-0.1, -0.05) is 18.1 Å². The molecule has 0 fully saturated rings. The van der Waals surface area contributed by atoms with Gasteiger partial charge >= 0.3 is 0 Å². The van der Waals surface area contributed by atoms with Gasteiger partial charge in [0.15, 0.2) is 0 Å². The van der Waals surface area contributed by atoms with Gasteiger partial charge in [-0.3, -0.25) is 0 Å². The molecule has 0 aliphatic carbocycles. The highest BCUT2D eigenvalue weighted by Crippen LogP contribution is 1.92. The summed E-state index contributed by atoms with van der Waals surface area (Å²) in [4.78, 5) is 4.08. The fraction of sp³-hybridized carbons (Fsp3) is 0.182. The molecule has 0 atom stereocenters. The first-order valence-electron chi connectivity index (χ1n) is 3.89. The summed E-state index contributed by atoms with van der Waals surface area (Å²) in [6.45, 7) is 3.96. The Kier molecular flexibility index (Phi) is 3.10. The van der Waals surface area contributed by atoms with E-state index in [4.69, 9.17) is 0 Å². The Morgan fingerprint density at radius 3 is 2.92 bits per heavy atom. The third kappa shape index (κ3) is 2.59. The van der Waals surface area contributed by atoms with Crippen LogP contribution in [0.4, 0.5) is 0 Å². The Hall–Kier alpha value is -1.55. The maximum atomic E-state index is 4.08. The Bertz CT molecular complexity index is 325. The number of allylic oxidation sites excluding steroid dienone is 2. The molecule has 1 aromatic rings. The van der Waals surface area contributed by atoms with Gasteiger partial charge in [0.1, 0.15) is 5.69 Å². The quantitative estimate of drug-likeness (QED) is 0.527. The van der Waals surface area contributed by atoms with Gasteiger partial charge in [-0.05, 0) is 37.5 Å². The highest BCUT2D eigenvalue weighted by Gasteiger charge is 1.82. The standard InChI is InChI=1S/C11H11N/c1-3-10(2)7-8-11-6-4-5-9-12-11/h3-6,9H,1-2H3. The molecule has 12 heavy (non-hydrogen) atoms. The SMILES string of the molecule is CC=C(C)C#Cc1ccccn1. The second kappa shape index (κ2) is 4.35.